The summed E-state index contributed by atoms with van der Waals surface area (Å²) in [6.45, 7) is 7.20. The van der Waals surface area contributed by atoms with Gasteiger partial charge in [-0.2, -0.15) is 4.72 Å². The molecule has 2 aromatic carbocycles. The normalized spacial score (nSPS) is 18.3. The van der Waals surface area contributed by atoms with E-state index in [2.05, 4.69) is 9.62 Å². The summed E-state index contributed by atoms with van der Waals surface area (Å²) in [6.07, 6.45) is 2.91. The molecule has 0 unspecified atom stereocenters. The van der Waals surface area contributed by atoms with Gasteiger partial charge in [-0.25, -0.2) is 13.2 Å². The summed E-state index contributed by atoms with van der Waals surface area (Å²) in [5.41, 5.74) is 10.5. The lowest BCUT2D eigenvalue weighted by Gasteiger charge is -2.35. The Kier molecular flexibility index (Phi) is 9.31. The summed E-state index contributed by atoms with van der Waals surface area (Å²) in [6, 6.07) is 8.14. The maximum atomic E-state index is 14.1. The van der Waals surface area contributed by atoms with Crippen molar-refractivity contribution in [2.45, 2.75) is 63.6 Å². The molecule has 0 aromatic heterocycles. The Hall–Kier alpha value is -3.54. The quantitative estimate of drug-likeness (QED) is 0.178. The molecule has 0 spiro atoms. The number of sulfonamides is 1. The molecule has 2 heterocycles. The van der Waals surface area contributed by atoms with Gasteiger partial charge in [-0.05, 0) is 81.5 Å². The number of likely N-dealkylation sites (N-methyl/N-ethyl adjacent to an activating group) is 1. The van der Waals surface area contributed by atoms with Gasteiger partial charge in [0, 0.05) is 25.2 Å². The summed E-state index contributed by atoms with van der Waals surface area (Å²) in [5.74, 6) is -1.18. The maximum Gasteiger partial charge on any atom is 0.329 e. The van der Waals surface area contributed by atoms with Crippen LogP contribution in [0.3, 0.4) is 0 Å². The van der Waals surface area contributed by atoms with Gasteiger partial charge in [0.25, 0.3) is 0 Å². The first-order chi connectivity index (χ1) is 19.4. The molecule has 0 saturated heterocycles. The van der Waals surface area contributed by atoms with Crippen molar-refractivity contribution in [1.82, 2.24) is 14.5 Å². The molecule has 0 saturated carbocycles. The Balaban J connectivity index is 1.74. The highest BCUT2D eigenvalue weighted by molar-refractivity contribution is 7.89. The summed E-state index contributed by atoms with van der Waals surface area (Å²) in [5, 5.41) is 7.80. The van der Waals surface area contributed by atoms with Crippen LogP contribution in [-0.2, 0) is 43.7 Å². The summed E-state index contributed by atoms with van der Waals surface area (Å²) in [4.78, 5) is 30.6. The smallest absolute Gasteiger partial charge is 0.329 e. The van der Waals surface area contributed by atoms with Crippen molar-refractivity contribution in [2.24, 2.45) is 5.73 Å². The lowest BCUT2D eigenvalue weighted by atomic mass is 9.95. The molecule has 41 heavy (non-hydrogen) atoms. The van der Waals surface area contributed by atoms with Crippen LogP contribution < -0.4 is 10.5 Å². The van der Waals surface area contributed by atoms with Crippen LogP contribution in [0.1, 0.15) is 48.1 Å². The third kappa shape index (κ3) is 6.86. The number of ether oxygens (including phenoxy) is 1. The van der Waals surface area contributed by atoms with Crippen LogP contribution >= 0.6 is 0 Å². The molecule has 0 fully saturated rings. The number of benzene rings is 2. The number of rotatable bonds is 9. The van der Waals surface area contributed by atoms with Crippen molar-refractivity contribution in [3.63, 3.8) is 0 Å². The van der Waals surface area contributed by atoms with Gasteiger partial charge in [-0.1, -0.05) is 35.9 Å². The summed E-state index contributed by atoms with van der Waals surface area (Å²) in [7, 11) is -2.20. The third-order valence-corrected chi connectivity index (χ3v) is 9.28. The molecule has 0 bridgehead atoms. The highest BCUT2D eigenvalue weighted by Crippen LogP contribution is 2.29. The van der Waals surface area contributed by atoms with E-state index in [4.69, 9.17) is 15.9 Å². The van der Waals surface area contributed by atoms with Gasteiger partial charge in [-0.15, -0.1) is 0 Å². The molecule has 0 radical (unpaired) electrons. The Morgan fingerprint density at radius 2 is 1.95 bits per heavy atom. The van der Waals surface area contributed by atoms with Gasteiger partial charge in [0.2, 0.25) is 15.9 Å². The molecule has 2 aliphatic heterocycles. The average Bonchev–Trinajstić information content (AvgIpc) is 2.92. The number of esters is 1. The molecule has 1 amide bonds. The summed E-state index contributed by atoms with van der Waals surface area (Å²) >= 11 is 0. The second kappa shape index (κ2) is 12.5. The number of amides is 1. The highest BCUT2D eigenvalue weighted by Gasteiger charge is 2.38. The minimum Gasteiger partial charge on any atom is -0.464 e. The monoisotopic (exact) mass is 581 g/mol. The number of nitrogen functional groups attached to an aromatic ring is 1. The van der Waals surface area contributed by atoms with Crippen molar-refractivity contribution >= 4 is 27.7 Å². The van der Waals surface area contributed by atoms with Gasteiger partial charge in [0.15, 0.2) is 0 Å². The fraction of sp³-hybridized carbons (Fsp3) is 0.433. The molecule has 2 atom stereocenters. The van der Waals surface area contributed by atoms with E-state index in [1.807, 2.05) is 27.0 Å². The second-order valence-corrected chi connectivity index (χ2v) is 12.5. The van der Waals surface area contributed by atoms with Crippen LogP contribution in [0.5, 0.6) is 0 Å². The molecule has 4 rings (SSSR count). The van der Waals surface area contributed by atoms with Crippen LogP contribution in [0.25, 0.3) is 0 Å². The van der Waals surface area contributed by atoms with Gasteiger partial charge in [0.05, 0.1) is 11.5 Å². The van der Waals surface area contributed by atoms with E-state index < -0.39 is 34.0 Å². The third-order valence-electron chi connectivity index (χ3n) is 7.73. The van der Waals surface area contributed by atoms with Gasteiger partial charge >= 0.3 is 5.97 Å². The number of nitrogens with two attached hydrogens (primary N) is 1. The SMILES string of the molecule is CCOC(=O)[C@H]1CC(C)=CCN1C(=O)[C@H](Cc1cccc(C(=N)N)c1)NS(=O)(=O)c1ccc(C)c2c1CN(C)CC2. The molecule has 220 valence electrons. The van der Waals surface area contributed by atoms with Crippen molar-refractivity contribution in [2.75, 3.05) is 26.7 Å². The molecule has 4 N–H and O–H groups in total. The van der Waals surface area contributed by atoms with Crippen molar-refractivity contribution in [3.8, 4) is 0 Å². The Morgan fingerprint density at radius 1 is 1.20 bits per heavy atom. The average molecular weight is 582 g/mol. The van der Waals surface area contributed by atoms with E-state index in [0.29, 0.717) is 24.1 Å². The fourth-order valence-corrected chi connectivity index (χ4v) is 6.96. The van der Waals surface area contributed by atoms with Gasteiger partial charge in [0.1, 0.15) is 17.9 Å². The molecule has 2 aliphatic rings. The molecule has 2 aromatic rings. The minimum atomic E-state index is -4.15. The number of hydrogen-bond donors (Lipinski definition) is 3. The number of carbonyl (C=O) groups excluding carboxylic acids is 2. The topological polar surface area (TPSA) is 146 Å². The van der Waals surface area contributed by atoms with E-state index in [0.717, 1.165) is 35.2 Å². The molecular formula is C30H39N5O5S. The highest BCUT2D eigenvalue weighted by atomic mass is 32.2. The van der Waals surface area contributed by atoms with Gasteiger partial charge < -0.3 is 20.3 Å². The predicted octanol–water partition coefficient (Wildman–Crippen LogP) is 2.27. The molecule has 10 nitrogen and oxygen atoms in total. The van der Waals surface area contributed by atoms with E-state index in [1.165, 1.54) is 4.90 Å². The van der Waals surface area contributed by atoms with Crippen LogP contribution in [0.2, 0.25) is 0 Å². The number of amidine groups is 1. The first-order valence-corrected chi connectivity index (χ1v) is 15.3. The van der Waals surface area contributed by atoms with Crippen molar-refractivity contribution < 1.29 is 22.7 Å². The van der Waals surface area contributed by atoms with Crippen LogP contribution in [0.4, 0.5) is 0 Å². The number of hydrogen-bond acceptors (Lipinski definition) is 7. The maximum absolute atomic E-state index is 14.1. The number of aryl methyl sites for hydroxylation is 1. The first-order valence-electron chi connectivity index (χ1n) is 13.8. The molecule has 11 heteroatoms. The Bertz CT molecular complexity index is 1490. The predicted molar refractivity (Wildman–Crippen MR) is 157 cm³/mol. The number of nitrogens with one attached hydrogen (secondary N) is 2. The zero-order chi connectivity index (χ0) is 29.9. The van der Waals surface area contributed by atoms with Crippen molar-refractivity contribution in [3.05, 3.63) is 75.9 Å². The number of carbonyl (C=O) groups is 2. The zero-order valence-corrected chi connectivity index (χ0v) is 24.9. The Morgan fingerprint density at radius 3 is 2.66 bits per heavy atom. The largest absolute Gasteiger partial charge is 0.464 e. The number of nitrogens with zero attached hydrogens (tertiary/aromatic N) is 2. The Labute approximate surface area is 242 Å². The minimum absolute atomic E-state index is 0.00186. The number of fused-ring (bicyclic) bond motifs is 1. The van der Waals surface area contributed by atoms with Gasteiger partial charge in [-0.3, -0.25) is 10.2 Å². The molecule has 0 aliphatic carbocycles. The van der Waals surface area contributed by atoms with E-state index >= 15 is 0 Å². The lowest BCUT2D eigenvalue weighted by molar-refractivity contribution is -0.155. The fourth-order valence-electron chi connectivity index (χ4n) is 5.52. The zero-order valence-electron chi connectivity index (χ0n) is 24.1. The second-order valence-electron chi connectivity index (χ2n) is 10.8. The van der Waals surface area contributed by atoms with E-state index in [9.17, 15) is 18.0 Å². The van der Waals surface area contributed by atoms with Crippen LogP contribution in [0.15, 0.2) is 52.9 Å². The van der Waals surface area contributed by atoms with E-state index in [1.54, 1.807) is 43.3 Å². The standard InChI is InChI=1S/C30H39N5O5S/c1-5-40-30(37)26-15-19(2)11-14-35(26)29(36)25(17-21-7-6-8-22(16-21)28(31)32)33-41(38,39)27-10-9-20(3)23-12-13-34(4)18-24(23)27/h6-11,16,25-26,33H,5,12-15,17-18H2,1-4H3,(H3,31,32)/t25-,26+/m0/s1. The first kappa shape index (κ1) is 30.4. The lowest BCUT2D eigenvalue weighted by Crippen LogP contribution is -2.56. The summed E-state index contributed by atoms with van der Waals surface area (Å²) < 4.78 is 36.0. The molecular weight excluding hydrogens is 542 g/mol. The van der Waals surface area contributed by atoms with Crippen molar-refractivity contribution in [1.29, 1.82) is 5.41 Å². The van der Waals surface area contributed by atoms with E-state index in [-0.39, 0.29) is 30.3 Å². The van der Waals surface area contributed by atoms with Crippen LogP contribution in [0, 0.1) is 12.3 Å². The van der Waals surface area contributed by atoms with Crippen LogP contribution in [-0.4, -0.2) is 74.8 Å².